The van der Waals surface area contributed by atoms with Gasteiger partial charge in [0.15, 0.2) is 0 Å². The molecule has 0 bridgehead atoms. The number of benzene rings is 2. The molecule has 2 rings (SSSR count). The minimum Gasteiger partial charge on any atom is -0.207 e. The van der Waals surface area contributed by atoms with Crippen molar-refractivity contribution in [3.8, 4) is 0 Å². The predicted octanol–water partition coefficient (Wildman–Crippen LogP) is 4.23. The summed E-state index contributed by atoms with van der Waals surface area (Å²) in [7, 11) is 0. The van der Waals surface area contributed by atoms with E-state index in [-0.39, 0.29) is 5.82 Å². The van der Waals surface area contributed by atoms with Crippen molar-refractivity contribution >= 4 is 0 Å². The molecule has 0 saturated carbocycles. The lowest BCUT2D eigenvalue weighted by molar-refractivity contribution is 0.616. The van der Waals surface area contributed by atoms with Crippen LogP contribution in [0.2, 0.25) is 0 Å². The van der Waals surface area contributed by atoms with Gasteiger partial charge in [-0.25, -0.2) is 4.39 Å². The van der Waals surface area contributed by atoms with E-state index in [0.29, 0.717) is 5.56 Å². The molecule has 0 unspecified atom stereocenters. The van der Waals surface area contributed by atoms with Gasteiger partial charge < -0.3 is 0 Å². The summed E-state index contributed by atoms with van der Waals surface area (Å²) >= 11 is 0. The average molecular weight is 228 g/mol. The molecule has 0 aliphatic rings. The van der Waals surface area contributed by atoms with Gasteiger partial charge in [-0.2, -0.15) is 0 Å². The summed E-state index contributed by atoms with van der Waals surface area (Å²) < 4.78 is 13.4. The second-order valence-electron chi connectivity index (χ2n) is 4.57. The normalized spacial score (nSPS) is 10.5. The maximum atomic E-state index is 13.4. The van der Waals surface area contributed by atoms with Gasteiger partial charge in [0.2, 0.25) is 0 Å². The lowest BCUT2D eigenvalue weighted by Gasteiger charge is -2.04. The lowest BCUT2D eigenvalue weighted by Crippen LogP contribution is -1.93. The molecule has 0 aliphatic heterocycles. The van der Waals surface area contributed by atoms with E-state index in [9.17, 15) is 4.39 Å². The van der Waals surface area contributed by atoms with Crippen molar-refractivity contribution < 1.29 is 4.39 Å². The Labute approximate surface area is 102 Å². The minimum absolute atomic E-state index is 0.105. The van der Waals surface area contributed by atoms with Gasteiger partial charge in [0.25, 0.3) is 0 Å². The van der Waals surface area contributed by atoms with Crippen molar-refractivity contribution in [1.82, 2.24) is 0 Å². The molecule has 0 saturated heterocycles. The molecule has 0 amide bonds. The van der Waals surface area contributed by atoms with Crippen molar-refractivity contribution in [3.05, 3.63) is 70.5 Å². The van der Waals surface area contributed by atoms with E-state index < -0.39 is 0 Å². The zero-order valence-corrected chi connectivity index (χ0v) is 10.3. The van der Waals surface area contributed by atoms with Crippen LogP contribution in [-0.2, 0) is 12.8 Å². The third-order valence-electron chi connectivity index (χ3n) is 3.06. The molecule has 0 N–H and O–H groups in total. The highest BCUT2D eigenvalue weighted by Crippen LogP contribution is 2.12. The van der Waals surface area contributed by atoms with Crippen LogP contribution in [0, 0.1) is 19.7 Å². The van der Waals surface area contributed by atoms with E-state index in [0.717, 1.165) is 18.4 Å². The number of hydrogen-bond acceptors (Lipinski definition) is 0. The Hall–Kier alpha value is -1.63. The first kappa shape index (κ1) is 11.8. The van der Waals surface area contributed by atoms with Crippen LogP contribution < -0.4 is 0 Å². The molecular weight excluding hydrogens is 211 g/mol. The molecule has 88 valence electrons. The van der Waals surface area contributed by atoms with Crippen molar-refractivity contribution in [1.29, 1.82) is 0 Å². The molecule has 0 aliphatic carbocycles. The van der Waals surface area contributed by atoms with E-state index in [4.69, 9.17) is 0 Å². The van der Waals surface area contributed by atoms with Crippen molar-refractivity contribution in [2.24, 2.45) is 0 Å². The van der Waals surface area contributed by atoms with Gasteiger partial charge >= 0.3 is 0 Å². The summed E-state index contributed by atoms with van der Waals surface area (Å²) in [6.45, 7) is 3.87. The molecule has 0 spiro atoms. The van der Waals surface area contributed by atoms with Crippen LogP contribution in [0.3, 0.4) is 0 Å². The number of rotatable bonds is 3. The molecule has 0 heterocycles. The second kappa shape index (κ2) is 5.13. The highest BCUT2D eigenvalue weighted by molar-refractivity contribution is 5.26. The monoisotopic (exact) mass is 228 g/mol. The van der Waals surface area contributed by atoms with Gasteiger partial charge in [-0.1, -0.05) is 42.0 Å². The molecule has 0 radical (unpaired) electrons. The Balaban J connectivity index is 2.02. The van der Waals surface area contributed by atoms with Crippen LogP contribution in [0.5, 0.6) is 0 Å². The van der Waals surface area contributed by atoms with Crippen LogP contribution in [0.15, 0.2) is 42.5 Å². The maximum Gasteiger partial charge on any atom is 0.126 e. The summed E-state index contributed by atoms with van der Waals surface area (Å²) in [6, 6.07) is 14.0. The van der Waals surface area contributed by atoms with Crippen molar-refractivity contribution in [2.45, 2.75) is 26.7 Å². The first-order valence-electron chi connectivity index (χ1n) is 5.96. The molecule has 0 nitrogen and oxygen atoms in total. The zero-order chi connectivity index (χ0) is 12.3. The van der Waals surface area contributed by atoms with Crippen LogP contribution in [0.25, 0.3) is 0 Å². The topological polar surface area (TPSA) is 0 Å². The Morgan fingerprint density at radius 2 is 1.41 bits per heavy atom. The quantitative estimate of drug-likeness (QED) is 0.737. The van der Waals surface area contributed by atoms with Gasteiger partial charge in [0.05, 0.1) is 0 Å². The van der Waals surface area contributed by atoms with E-state index in [1.165, 1.54) is 11.1 Å². The SMILES string of the molecule is Cc1ccc(CCc2ccc(C)c(F)c2)cc1. The van der Waals surface area contributed by atoms with Crippen LogP contribution in [-0.4, -0.2) is 0 Å². The smallest absolute Gasteiger partial charge is 0.126 e. The number of halogens is 1. The van der Waals surface area contributed by atoms with Crippen molar-refractivity contribution in [2.75, 3.05) is 0 Å². The van der Waals surface area contributed by atoms with Crippen molar-refractivity contribution in [3.63, 3.8) is 0 Å². The third kappa shape index (κ3) is 3.16. The fourth-order valence-electron chi connectivity index (χ4n) is 1.84. The number of aryl methyl sites for hydroxylation is 4. The van der Waals surface area contributed by atoms with Crippen LogP contribution in [0.4, 0.5) is 4.39 Å². The number of hydrogen-bond donors (Lipinski definition) is 0. The van der Waals surface area contributed by atoms with E-state index in [2.05, 4.69) is 31.2 Å². The Bertz CT molecular complexity index is 497. The molecule has 2 aromatic carbocycles. The van der Waals surface area contributed by atoms with Gasteiger partial charge in [-0.3, -0.25) is 0 Å². The Kier molecular flexibility index (Phi) is 3.58. The highest BCUT2D eigenvalue weighted by Gasteiger charge is 2.00. The molecule has 0 aromatic heterocycles. The minimum atomic E-state index is -0.105. The maximum absolute atomic E-state index is 13.4. The largest absolute Gasteiger partial charge is 0.207 e. The molecule has 0 atom stereocenters. The van der Waals surface area contributed by atoms with Gasteiger partial charge in [0.1, 0.15) is 5.82 Å². The lowest BCUT2D eigenvalue weighted by atomic mass is 10.0. The van der Waals surface area contributed by atoms with Gasteiger partial charge in [0, 0.05) is 0 Å². The molecule has 0 fully saturated rings. The summed E-state index contributed by atoms with van der Waals surface area (Å²) in [6.07, 6.45) is 1.85. The average Bonchev–Trinajstić information content (AvgIpc) is 2.33. The standard InChI is InChI=1S/C16H17F/c1-12-3-6-14(7-4-12)9-10-15-8-5-13(2)16(17)11-15/h3-8,11H,9-10H2,1-2H3. The van der Waals surface area contributed by atoms with Gasteiger partial charge in [-0.15, -0.1) is 0 Å². The summed E-state index contributed by atoms with van der Waals surface area (Å²) in [5.41, 5.74) is 4.35. The Morgan fingerprint density at radius 3 is 2.06 bits per heavy atom. The summed E-state index contributed by atoms with van der Waals surface area (Å²) in [5.74, 6) is -0.105. The van der Waals surface area contributed by atoms with E-state index in [1.807, 2.05) is 12.1 Å². The van der Waals surface area contributed by atoms with Crippen LogP contribution in [0.1, 0.15) is 22.3 Å². The molecule has 17 heavy (non-hydrogen) atoms. The summed E-state index contributed by atoms with van der Waals surface area (Å²) in [5, 5.41) is 0. The summed E-state index contributed by atoms with van der Waals surface area (Å²) in [4.78, 5) is 0. The fourth-order valence-corrected chi connectivity index (χ4v) is 1.84. The second-order valence-corrected chi connectivity index (χ2v) is 4.57. The Morgan fingerprint density at radius 1 is 0.824 bits per heavy atom. The highest BCUT2D eigenvalue weighted by atomic mass is 19.1. The molecule has 1 heteroatoms. The fraction of sp³-hybridized carbons (Fsp3) is 0.250. The van der Waals surface area contributed by atoms with Crippen LogP contribution >= 0.6 is 0 Å². The first-order chi connectivity index (χ1) is 8.15. The van der Waals surface area contributed by atoms with E-state index in [1.54, 1.807) is 13.0 Å². The first-order valence-corrected chi connectivity index (χ1v) is 5.96. The molecule has 2 aromatic rings. The zero-order valence-electron chi connectivity index (χ0n) is 10.3. The third-order valence-corrected chi connectivity index (χ3v) is 3.06. The molecular formula is C16H17F. The predicted molar refractivity (Wildman–Crippen MR) is 69.7 cm³/mol. The van der Waals surface area contributed by atoms with E-state index >= 15 is 0 Å². The van der Waals surface area contributed by atoms with Gasteiger partial charge in [-0.05, 0) is 49.4 Å².